The van der Waals surface area contributed by atoms with Gasteiger partial charge in [0.15, 0.2) is 0 Å². The first kappa shape index (κ1) is 9.83. The molecule has 0 spiro atoms. The summed E-state index contributed by atoms with van der Waals surface area (Å²) in [7, 11) is 0. The third kappa shape index (κ3) is 1.49. The minimum absolute atomic E-state index is 0.0916. The van der Waals surface area contributed by atoms with Gasteiger partial charge in [-0.1, -0.05) is 0 Å². The van der Waals surface area contributed by atoms with Gasteiger partial charge in [0.2, 0.25) is 11.8 Å². The van der Waals surface area contributed by atoms with E-state index in [-0.39, 0.29) is 24.4 Å². The lowest BCUT2D eigenvalue weighted by Gasteiger charge is -2.36. The molecule has 5 heteroatoms. The van der Waals surface area contributed by atoms with Crippen molar-refractivity contribution in [1.29, 1.82) is 0 Å². The van der Waals surface area contributed by atoms with Gasteiger partial charge in [0.05, 0.1) is 6.54 Å². The molecule has 0 radical (unpaired) electrons. The number of carbonyl (C=O) groups excluding carboxylic acids is 2. The van der Waals surface area contributed by atoms with Crippen molar-refractivity contribution in [3.05, 3.63) is 0 Å². The van der Waals surface area contributed by atoms with Crippen molar-refractivity contribution in [1.82, 2.24) is 9.80 Å². The van der Waals surface area contributed by atoms with Gasteiger partial charge in [-0.2, -0.15) is 12.6 Å². The fourth-order valence-corrected chi connectivity index (χ4v) is 2.42. The van der Waals surface area contributed by atoms with E-state index in [0.717, 1.165) is 19.4 Å². The molecule has 4 nitrogen and oxygen atoms in total. The van der Waals surface area contributed by atoms with Crippen LogP contribution < -0.4 is 0 Å². The van der Waals surface area contributed by atoms with Crippen molar-refractivity contribution in [3.63, 3.8) is 0 Å². The molecule has 2 amide bonds. The van der Waals surface area contributed by atoms with Crippen LogP contribution in [0.15, 0.2) is 0 Å². The second-order valence-corrected chi connectivity index (χ2v) is 4.18. The highest BCUT2D eigenvalue weighted by molar-refractivity contribution is 7.80. The molecule has 2 heterocycles. The SMILES string of the molecule is O=C1C2CCCN2C(=O)CN1CCS. The van der Waals surface area contributed by atoms with Crippen molar-refractivity contribution < 1.29 is 9.59 Å². The Balaban J connectivity index is 2.12. The van der Waals surface area contributed by atoms with Gasteiger partial charge in [-0.25, -0.2) is 0 Å². The first-order valence-corrected chi connectivity index (χ1v) is 5.56. The molecule has 0 aliphatic carbocycles. The quantitative estimate of drug-likeness (QED) is 0.644. The molecule has 2 saturated heterocycles. The zero-order valence-electron chi connectivity index (χ0n) is 7.98. The van der Waals surface area contributed by atoms with Crippen LogP contribution in [-0.2, 0) is 9.59 Å². The molecular weight excluding hydrogens is 200 g/mol. The summed E-state index contributed by atoms with van der Waals surface area (Å²) >= 11 is 4.08. The summed E-state index contributed by atoms with van der Waals surface area (Å²) in [6, 6.07) is -0.170. The van der Waals surface area contributed by atoms with Gasteiger partial charge in [-0.05, 0) is 12.8 Å². The predicted molar refractivity (Wildman–Crippen MR) is 55.2 cm³/mol. The molecule has 0 bridgehead atoms. The summed E-state index contributed by atoms with van der Waals surface area (Å²) in [6.07, 6.45) is 1.78. The van der Waals surface area contributed by atoms with E-state index < -0.39 is 0 Å². The number of carbonyl (C=O) groups is 2. The zero-order valence-corrected chi connectivity index (χ0v) is 8.87. The van der Waals surface area contributed by atoms with Crippen LogP contribution in [0.2, 0.25) is 0 Å². The van der Waals surface area contributed by atoms with E-state index in [1.807, 2.05) is 0 Å². The Bertz CT molecular complexity index is 270. The highest BCUT2D eigenvalue weighted by Crippen LogP contribution is 2.23. The van der Waals surface area contributed by atoms with Crippen molar-refractivity contribution in [2.45, 2.75) is 18.9 Å². The molecule has 0 aromatic heterocycles. The number of hydrogen-bond acceptors (Lipinski definition) is 3. The highest BCUT2D eigenvalue weighted by atomic mass is 32.1. The number of amides is 2. The summed E-state index contributed by atoms with van der Waals surface area (Å²) < 4.78 is 0. The van der Waals surface area contributed by atoms with Gasteiger partial charge in [0.1, 0.15) is 6.04 Å². The number of fused-ring (bicyclic) bond motifs is 1. The Kier molecular flexibility index (Phi) is 2.67. The van der Waals surface area contributed by atoms with Crippen LogP contribution in [-0.4, -0.2) is 53.0 Å². The lowest BCUT2D eigenvalue weighted by Crippen LogP contribution is -2.57. The van der Waals surface area contributed by atoms with Crippen LogP contribution >= 0.6 is 12.6 Å². The minimum atomic E-state index is -0.170. The normalized spacial score (nSPS) is 27.1. The van der Waals surface area contributed by atoms with E-state index >= 15 is 0 Å². The predicted octanol–water partition coefficient (Wildman–Crippen LogP) is -0.251. The fraction of sp³-hybridized carbons (Fsp3) is 0.778. The van der Waals surface area contributed by atoms with E-state index in [1.165, 1.54) is 0 Å². The van der Waals surface area contributed by atoms with Gasteiger partial charge in [0.25, 0.3) is 0 Å². The van der Waals surface area contributed by atoms with Crippen LogP contribution in [0.25, 0.3) is 0 Å². The van der Waals surface area contributed by atoms with Gasteiger partial charge in [-0.15, -0.1) is 0 Å². The second kappa shape index (κ2) is 3.81. The molecule has 78 valence electrons. The van der Waals surface area contributed by atoms with Crippen molar-refractivity contribution in [2.24, 2.45) is 0 Å². The first-order valence-electron chi connectivity index (χ1n) is 4.93. The van der Waals surface area contributed by atoms with Crippen LogP contribution in [0.5, 0.6) is 0 Å². The van der Waals surface area contributed by atoms with Gasteiger partial charge in [-0.3, -0.25) is 9.59 Å². The smallest absolute Gasteiger partial charge is 0.245 e. The van der Waals surface area contributed by atoms with Crippen LogP contribution in [0.3, 0.4) is 0 Å². The molecule has 1 atom stereocenters. The van der Waals surface area contributed by atoms with E-state index in [0.29, 0.717) is 12.3 Å². The van der Waals surface area contributed by atoms with Crippen LogP contribution in [0.1, 0.15) is 12.8 Å². The number of rotatable bonds is 2. The largest absolute Gasteiger partial charge is 0.331 e. The maximum atomic E-state index is 11.8. The molecule has 2 aliphatic heterocycles. The van der Waals surface area contributed by atoms with Crippen molar-refractivity contribution in [3.8, 4) is 0 Å². The van der Waals surface area contributed by atoms with Crippen LogP contribution in [0.4, 0.5) is 0 Å². The first-order chi connectivity index (χ1) is 6.74. The van der Waals surface area contributed by atoms with Gasteiger partial charge >= 0.3 is 0 Å². The summed E-state index contributed by atoms with van der Waals surface area (Å²) in [4.78, 5) is 26.8. The monoisotopic (exact) mass is 214 g/mol. The third-order valence-corrected chi connectivity index (χ3v) is 3.07. The lowest BCUT2D eigenvalue weighted by atomic mass is 10.1. The summed E-state index contributed by atoms with van der Waals surface area (Å²) in [5.74, 6) is 0.816. The summed E-state index contributed by atoms with van der Waals surface area (Å²) in [5, 5.41) is 0. The minimum Gasteiger partial charge on any atom is -0.331 e. The maximum Gasteiger partial charge on any atom is 0.245 e. The fourth-order valence-electron chi connectivity index (χ4n) is 2.17. The molecular formula is C9H14N2O2S. The highest BCUT2D eigenvalue weighted by Gasteiger charge is 2.41. The van der Waals surface area contributed by atoms with Crippen molar-refractivity contribution in [2.75, 3.05) is 25.4 Å². The Morgan fingerprint density at radius 1 is 1.43 bits per heavy atom. The molecule has 0 aromatic rings. The molecule has 14 heavy (non-hydrogen) atoms. The molecule has 0 N–H and O–H groups in total. The van der Waals surface area contributed by atoms with E-state index in [4.69, 9.17) is 0 Å². The Labute approximate surface area is 88.6 Å². The molecule has 2 aliphatic rings. The Hall–Kier alpha value is -0.710. The van der Waals surface area contributed by atoms with E-state index in [1.54, 1.807) is 9.80 Å². The summed E-state index contributed by atoms with van der Waals surface area (Å²) in [6.45, 7) is 1.58. The topological polar surface area (TPSA) is 40.6 Å². The zero-order chi connectivity index (χ0) is 10.1. The standard InChI is InChI=1S/C9H14N2O2S/c12-8-6-10(4-5-14)9(13)7-2-1-3-11(7)8/h7,14H,1-6H2. The number of nitrogens with zero attached hydrogens (tertiary/aromatic N) is 2. The van der Waals surface area contributed by atoms with Gasteiger partial charge in [0, 0.05) is 18.8 Å². The van der Waals surface area contributed by atoms with E-state index in [9.17, 15) is 9.59 Å². The summed E-state index contributed by atoms with van der Waals surface area (Å²) in [5.41, 5.74) is 0. The third-order valence-electron chi connectivity index (χ3n) is 2.87. The number of thiol groups is 1. The Morgan fingerprint density at radius 3 is 2.93 bits per heavy atom. The van der Waals surface area contributed by atoms with Gasteiger partial charge < -0.3 is 9.80 Å². The lowest BCUT2D eigenvalue weighted by molar-refractivity contribution is -0.153. The molecule has 2 fully saturated rings. The number of hydrogen-bond donors (Lipinski definition) is 1. The molecule has 0 saturated carbocycles. The number of piperazine rings is 1. The molecule has 1 unspecified atom stereocenters. The second-order valence-electron chi connectivity index (χ2n) is 3.73. The Morgan fingerprint density at radius 2 is 2.21 bits per heavy atom. The molecule has 2 rings (SSSR count). The maximum absolute atomic E-state index is 11.8. The van der Waals surface area contributed by atoms with Crippen LogP contribution in [0, 0.1) is 0 Å². The average molecular weight is 214 g/mol. The van der Waals surface area contributed by atoms with E-state index in [2.05, 4.69) is 12.6 Å². The average Bonchev–Trinajstić information content (AvgIpc) is 2.63. The van der Waals surface area contributed by atoms with Crippen molar-refractivity contribution >= 4 is 24.4 Å². The molecule has 0 aromatic carbocycles.